The molecule has 2 heteroatoms. The third-order valence-corrected chi connectivity index (χ3v) is 3.24. The highest BCUT2D eigenvalue weighted by Gasteiger charge is 2.05. The minimum absolute atomic E-state index is 1.10. The quantitative estimate of drug-likeness (QED) is 0.783. The van der Waals surface area contributed by atoms with Gasteiger partial charge in [0.05, 0.1) is 0 Å². The van der Waals surface area contributed by atoms with E-state index in [4.69, 9.17) is 0 Å². The van der Waals surface area contributed by atoms with Crippen LogP contribution < -0.4 is 0 Å². The van der Waals surface area contributed by atoms with Gasteiger partial charge in [0.15, 0.2) is 0 Å². The molecule has 0 aliphatic rings. The molecule has 2 aromatic rings. The van der Waals surface area contributed by atoms with Gasteiger partial charge in [0.1, 0.15) is 0 Å². The zero-order valence-electron chi connectivity index (χ0n) is 11.3. The minimum atomic E-state index is 1.10. The minimum Gasteiger partial charge on any atom is -0.347 e. The van der Waals surface area contributed by atoms with Crippen LogP contribution in [0.4, 0.5) is 0 Å². The fourth-order valence-electron chi connectivity index (χ4n) is 2.33. The molecule has 0 bridgehead atoms. The van der Waals surface area contributed by atoms with Crippen LogP contribution in [-0.4, -0.2) is 30.1 Å². The predicted molar refractivity (Wildman–Crippen MR) is 74.6 cm³/mol. The maximum atomic E-state index is 2.39. The van der Waals surface area contributed by atoms with Crippen LogP contribution in [0.3, 0.4) is 0 Å². The van der Waals surface area contributed by atoms with E-state index in [1.807, 2.05) is 0 Å². The lowest BCUT2D eigenvalue weighted by atomic mass is 10.1. The monoisotopic (exact) mass is 230 g/mol. The molecule has 0 aliphatic heterocycles. The van der Waals surface area contributed by atoms with E-state index in [0.717, 1.165) is 13.1 Å². The number of fused-ring (bicyclic) bond motifs is 1. The van der Waals surface area contributed by atoms with Gasteiger partial charge in [-0.1, -0.05) is 12.1 Å². The Morgan fingerprint density at radius 3 is 2.65 bits per heavy atom. The summed E-state index contributed by atoms with van der Waals surface area (Å²) in [7, 11) is 4.26. The molecule has 0 atom stereocenters. The molecule has 0 spiro atoms. The first-order chi connectivity index (χ1) is 8.08. The van der Waals surface area contributed by atoms with E-state index in [2.05, 4.69) is 61.8 Å². The summed E-state index contributed by atoms with van der Waals surface area (Å²) >= 11 is 0. The molecule has 0 N–H and O–H groups in total. The summed E-state index contributed by atoms with van der Waals surface area (Å²) in [5, 5.41) is 1.39. The van der Waals surface area contributed by atoms with Gasteiger partial charge in [0.2, 0.25) is 0 Å². The molecule has 0 radical (unpaired) electrons. The van der Waals surface area contributed by atoms with E-state index in [0.29, 0.717) is 0 Å². The van der Waals surface area contributed by atoms with Crippen LogP contribution >= 0.6 is 0 Å². The number of aryl methyl sites for hydroxylation is 3. The summed E-state index contributed by atoms with van der Waals surface area (Å²) in [5.74, 6) is 0. The molecule has 0 aliphatic carbocycles. The van der Waals surface area contributed by atoms with Crippen LogP contribution in [0.15, 0.2) is 24.4 Å². The Kier molecular flexibility index (Phi) is 3.53. The molecule has 1 aromatic heterocycles. The van der Waals surface area contributed by atoms with Gasteiger partial charge in [-0.05, 0) is 58.1 Å². The van der Waals surface area contributed by atoms with Gasteiger partial charge in [0.25, 0.3) is 0 Å². The Hall–Kier alpha value is -1.28. The van der Waals surface area contributed by atoms with E-state index in [-0.39, 0.29) is 0 Å². The van der Waals surface area contributed by atoms with Gasteiger partial charge < -0.3 is 9.47 Å². The van der Waals surface area contributed by atoms with Gasteiger partial charge in [-0.25, -0.2) is 0 Å². The molecule has 17 heavy (non-hydrogen) atoms. The average Bonchev–Trinajstić information content (AvgIpc) is 2.55. The van der Waals surface area contributed by atoms with Crippen LogP contribution in [0.2, 0.25) is 0 Å². The van der Waals surface area contributed by atoms with Gasteiger partial charge >= 0.3 is 0 Å². The summed E-state index contributed by atoms with van der Waals surface area (Å²) in [6.07, 6.45) is 3.48. The second kappa shape index (κ2) is 4.92. The fraction of sp³-hybridized carbons (Fsp3) is 0.467. The molecular formula is C15H22N2. The highest BCUT2D eigenvalue weighted by atomic mass is 15.1. The topological polar surface area (TPSA) is 8.17 Å². The van der Waals surface area contributed by atoms with E-state index in [9.17, 15) is 0 Å². The molecule has 92 valence electrons. The van der Waals surface area contributed by atoms with Gasteiger partial charge in [-0.15, -0.1) is 0 Å². The number of hydrogen-bond acceptors (Lipinski definition) is 1. The summed E-state index contributed by atoms with van der Waals surface area (Å²) in [6, 6.07) is 6.72. The summed E-state index contributed by atoms with van der Waals surface area (Å²) < 4.78 is 2.39. The molecule has 0 saturated heterocycles. The maximum Gasteiger partial charge on any atom is 0.0485 e. The molecule has 0 unspecified atom stereocenters. The fourth-order valence-corrected chi connectivity index (χ4v) is 2.33. The lowest BCUT2D eigenvalue weighted by Crippen LogP contribution is -2.14. The van der Waals surface area contributed by atoms with Crippen LogP contribution in [0.25, 0.3) is 10.9 Å². The Labute approximate surface area is 104 Å². The first kappa shape index (κ1) is 12.2. The molecule has 2 nitrogen and oxygen atoms in total. The van der Waals surface area contributed by atoms with Gasteiger partial charge in [-0.2, -0.15) is 0 Å². The van der Waals surface area contributed by atoms with E-state index in [1.165, 1.54) is 28.5 Å². The normalized spacial score (nSPS) is 11.6. The van der Waals surface area contributed by atoms with Gasteiger partial charge in [-0.3, -0.25) is 0 Å². The Bertz CT molecular complexity index is 509. The zero-order valence-corrected chi connectivity index (χ0v) is 11.3. The second-order valence-electron chi connectivity index (χ2n) is 5.18. The Morgan fingerprint density at radius 2 is 1.94 bits per heavy atom. The summed E-state index contributed by atoms with van der Waals surface area (Å²) in [5.41, 5.74) is 4.09. The molecule has 0 amide bonds. The van der Waals surface area contributed by atoms with E-state index < -0.39 is 0 Å². The molecule has 1 heterocycles. The lowest BCUT2D eigenvalue weighted by molar-refractivity contribution is 0.388. The average molecular weight is 230 g/mol. The van der Waals surface area contributed by atoms with Crippen molar-refractivity contribution in [3.8, 4) is 0 Å². The van der Waals surface area contributed by atoms with Crippen molar-refractivity contribution in [2.45, 2.75) is 26.8 Å². The van der Waals surface area contributed by atoms with Crippen LogP contribution in [0.5, 0.6) is 0 Å². The third-order valence-electron chi connectivity index (χ3n) is 3.24. The Balaban J connectivity index is 2.24. The van der Waals surface area contributed by atoms with Crippen LogP contribution in [0.1, 0.15) is 17.5 Å². The van der Waals surface area contributed by atoms with E-state index in [1.54, 1.807) is 0 Å². The standard InChI is InChI=1S/C15H22N2/c1-12-6-7-14-13(2)11-17(15(14)10-12)9-5-8-16(3)4/h6-7,10-11H,5,8-9H2,1-4H3. The smallest absolute Gasteiger partial charge is 0.0485 e. The molecule has 0 fully saturated rings. The van der Waals surface area contributed by atoms with Crippen LogP contribution in [-0.2, 0) is 6.54 Å². The number of hydrogen-bond donors (Lipinski definition) is 0. The van der Waals surface area contributed by atoms with Crippen molar-refractivity contribution in [1.29, 1.82) is 0 Å². The molecule has 2 rings (SSSR count). The van der Waals surface area contributed by atoms with Crippen LogP contribution in [0, 0.1) is 13.8 Å². The molecule has 1 aromatic carbocycles. The van der Waals surface area contributed by atoms with Crippen molar-refractivity contribution in [2.75, 3.05) is 20.6 Å². The highest BCUT2D eigenvalue weighted by Crippen LogP contribution is 2.22. The molecular weight excluding hydrogens is 208 g/mol. The predicted octanol–water partition coefficient (Wildman–Crippen LogP) is 3.21. The largest absolute Gasteiger partial charge is 0.347 e. The number of rotatable bonds is 4. The number of aromatic nitrogens is 1. The summed E-state index contributed by atoms with van der Waals surface area (Å²) in [4.78, 5) is 2.24. The van der Waals surface area contributed by atoms with Crippen molar-refractivity contribution >= 4 is 10.9 Å². The third kappa shape index (κ3) is 2.70. The highest BCUT2D eigenvalue weighted by molar-refractivity contribution is 5.84. The SMILES string of the molecule is Cc1ccc2c(C)cn(CCCN(C)C)c2c1. The Morgan fingerprint density at radius 1 is 1.18 bits per heavy atom. The number of benzene rings is 1. The first-order valence-corrected chi connectivity index (χ1v) is 6.29. The first-order valence-electron chi connectivity index (χ1n) is 6.29. The number of nitrogens with zero attached hydrogens (tertiary/aromatic N) is 2. The van der Waals surface area contributed by atoms with Gasteiger partial charge in [0, 0.05) is 23.6 Å². The van der Waals surface area contributed by atoms with Crippen molar-refractivity contribution in [2.24, 2.45) is 0 Å². The van der Waals surface area contributed by atoms with E-state index >= 15 is 0 Å². The molecule has 0 saturated carbocycles. The summed E-state index contributed by atoms with van der Waals surface area (Å²) in [6.45, 7) is 6.60. The lowest BCUT2D eigenvalue weighted by Gasteiger charge is -2.10. The van der Waals surface area contributed by atoms with Crippen molar-refractivity contribution in [3.05, 3.63) is 35.5 Å². The zero-order chi connectivity index (χ0) is 12.4. The van der Waals surface area contributed by atoms with Crippen molar-refractivity contribution in [1.82, 2.24) is 9.47 Å². The second-order valence-corrected chi connectivity index (χ2v) is 5.18. The van der Waals surface area contributed by atoms with Crippen molar-refractivity contribution in [3.63, 3.8) is 0 Å². The maximum absolute atomic E-state index is 2.39. The van der Waals surface area contributed by atoms with Crippen molar-refractivity contribution < 1.29 is 0 Å².